The fraction of sp³-hybridized carbons (Fsp3) is 0.526. The molecule has 4 fully saturated rings. The van der Waals surface area contributed by atoms with Gasteiger partial charge in [-0.15, -0.1) is 0 Å². The highest BCUT2D eigenvalue weighted by atomic mass is 19.3. The number of aromatic nitrogens is 3. The van der Waals surface area contributed by atoms with Crippen LogP contribution in [-0.4, -0.2) is 53.0 Å². The monoisotopic (exact) mass is 407 g/mol. The highest BCUT2D eigenvalue weighted by Crippen LogP contribution is 2.43. The summed E-state index contributed by atoms with van der Waals surface area (Å²) in [5.74, 6) is 0.403. The van der Waals surface area contributed by atoms with Gasteiger partial charge in [0.25, 0.3) is 0 Å². The number of fused-ring (bicyclic) bond motifs is 3. The average Bonchev–Trinajstić information content (AvgIpc) is 3.46. The minimum atomic E-state index is -3.02. The van der Waals surface area contributed by atoms with Gasteiger partial charge in [-0.2, -0.15) is 8.78 Å². The van der Waals surface area contributed by atoms with Gasteiger partial charge >= 0.3 is 6.61 Å². The van der Waals surface area contributed by atoms with Gasteiger partial charge in [0.2, 0.25) is 0 Å². The molecule has 3 saturated heterocycles. The molecule has 154 valence electrons. The Morgan fingerprint density at radius 1 is 1.24 bits per heavy atom. The van der Waals surface area contributed by atoms with Crippen molar-refractivity contribution in [2.75, 3.05) is 23.8 Å². The third-order valence-corrected chi connectivity index (χ3v) is 5.65. The van der Waals surface area contributed by atoms with Crippen molar-refractivity contribution in [1.82, 2.24) is 15.0 Å². The van der Waals surface area contributed by atoms with Crippen LogP contribution in [0.4, 0.5) is 24.8 Å². The summed E-state index contributed by atoms with van der Waals surface area (Å²) in [5, 5.41) is 0. The predicted molar refractivity (Wildman–Crippen MR) is 98.7 cm³/mol. The lowest BCUT2D eigenvalue weighted by Gasteiger charge is -2.45. The molecule has 2 bridgehead atoms. The maximum absolute atomic E-state index is 13.7. The van der Waals surface area contributed by atoms with Crippen LogP contribution in [0.2, 0.25) is 0 Å². The van der Waals surface area contributed by atoms with E-state index in [1.54, 1.807) is 6.07 Å². The van der Waals surface area contributed by atoms with Gasteiger partial charge in [-0.1, -0.05) is 0 Å². The number of nitrogens with zero attached hydrogens (tertiary/aromatic N) is 4. The van der Waals surface area contributed by atoms with Crippen LogP contribution in [0.1, 0.15) is 31.0 Å². The van der Waals surface area contributed by atoms with Gasteiger partial charge in [-0.3, -0.25) is 0 Å². The first-order valence-corrected chi connectivity index (χ1v) is 9.60. The van der Waals surface area contributed by atoms with Gasteiger partial charge in [-0.05, 0) is 25.3 Å². The Bertz CT molecular complexity index is 923. The highest BCUT2D eigenvalue weighted by Gasteiger charge is 2.42. The molecule has 0 radical (unpaired) electrons. The summed E-state index contributed by atoms with van der Waals surface area (Å²) in [7, 11) is 0. The van der Waals surface area contributed by atoms with Crippen LogP contribution < -0.4 is 15.4 Å². The number of ether oxygens (including phenoxy) is 2. The van der Waals surface area contributed by atoms with Crippen LogP contribution in [-0.2, 0) is 4.74 Å². The smallest absolute Gasteiger partial charge is 0.387 e. The zero-order valence-corrected chi connectivity index (χ0v) is 15.5. The van der Waals surface area contributed by atoms with E-state index in [1.807, 2.05) is 0 Å². The van der Waals surface area contributed by atoms with Crippen molar-refractivity contribution in [3.8, 4) is 17.0 Å². The lowest BCUT2D eigenvalue weighted by atomic mass is 9.97. The van der Waals surface area contributed by atoms with E-state index < -0.39 is 12.8 Å². The SMILES string of the molecule is Nc1ncc(-c2cc(N3C[C@@H]4CC[C@H]3CO4)nc(C3CC3F)n2)cc1OC(F)F. The molecule has 29 heavy (non-hydrogen) atoms. The number of rotatable bonds is 5. The number of hydrogen-bond acceptors (Lipinski definition) is 7. The minimum absolute atomic E-state index is 0.139. The number of pyridine rings is 1. The molecule has 3 aliphatic heterocycles. The zero-order chi connectivity index (χ0) is 20.1. The Labute approximate surface area is 165 Å². The standard InChI is InChI=1S/C19H20F3N5O2/c20-13-4-12(13)18-25-14(9-3-15(29-19(21)22)17(23)24-6-9)5-16(26-18)27-7-11-2-1-10(27)8-28-11/h3,5-6,10-13,19H,1-2,4,7-8H2,(H2,23,24)/t10-,11-,12?,13?/m0/s1. The lowest BCUT2D eigenvalue weighted by molar-refractivity contribution is -0.0494. The highest BCUT2D eigenvalue weighted by molar-refractivity contribution is 5.67. The maximum atomic E-state index is 13.7. The largest absolute Gasteiger partial charge is 0.431 e. The Balaban J connectivity index is 1.54. The molecule has 2 unspecified atom stereocenters. The van der Waals surface area contributed by atoms with Crippen molar-refractivity contribution >= 4 is 11.6 Å². The fourth-order valence-corrected chi connectivity index (χ4v) is 3.96. The summed E-state index contributed by atoms with van der Waals surface area (Å²) in [5.41, 5.74) is 6.56. The van der Waals surface area contributed by atoms with Crippen molar-refractivity contribution in [1.29, 1.82) is 0 Å². The number of alkyl halides is 3. The molecule has 6 rings (SSSR count). The average molecular weight is 407 g/mol. The molecule has 7 nitrogen and oxygen atoms in total. The molecule has 4 aliphatic rings. The summed E-state index contributed by atoms with van der Waals surface area (Å²) in [6.07, 6.45) is 3.04. The van der Waals surface area contributed by atoms with Gasteiger partial charge in [0, 0.05) is 24.4 Å². The first kappa shape index (κ1) is 18.4. The van der Waals surface area contributed by atoms with Gasteiger partial charge < -0.3 is 20.1 Å². The lowest BCUT2D eigenvalue weighted by Crippen LogP contribution is -2.54. The first-order chi connectivity index (χ1) is 14.0. The Morgan fingerprint density at radius 2 is 2.07 bits per heavy atom. The van der Waals surface area contributed by atoms with Crippen LogP contribution in [0.15, 0.2) is 18.3 Å². The molecule has 5 heterocycles. The van der Waals surface area contributed by atoms with Crippen LogP contribution in [0.25, 0.3) is 11.3 Å². The molecular weight excluding hydrogens is 387 g/mol. The van der Waals surface area contributed by atoms with E-state index in [4.69, 9.17) is 10.5 Å². The normalized spacial score (nSPS) is 28.1. The van der Waals surface area contributed by atoms with Gasteiger partial charge in [-0.25, -0.2) is 19.3 Å². The zero-order valence-electron chi connectivity index (χ0n) is 15.5. The second kappa shape index (κ2) is 7.01. The van der Waals surface area contributed by atoms with Crippen molar-refractivity contribution in [2.45, 2.75) is 50.1 Å². The molecule has 0 amide bonds. The summed E-state index contributed by atoms with van der Waals surface area (Å²) in [4.78, 5) is 15.2. The Kier molecular flexibility index (Phi) is 4.45. The van der Waals surface area contributed by atoms with E-state index in [1.165, 1.54) is 12.3 Å². The van der Waals surface area contributed by atoms with E-state index in [9.17, 15) is 13.2 Å². The second-order valence-corrected chi connectivity index (χ2v) is 7.65. The molecule has 0 aromatic carbocycles. The van der Waals surface area contributed by atoms with E-state index in [0.29, 0.717) is 42.5 Å². The molecule has 2 N–H and O–H groups in total. The van der Waals surface area contributed by atoms with Crippen molar-refractivity contribution in [3.63, 3.8) is 0 Å². The molecule has 2 aromatic heterocycles. The summed E-state index contributed by atoms with van der Waals surface area (Å²) in [6, 6.07) is 3.35. The number of morpholine rings is 1. The quantitative estimate of drug-likeness (QED) is 0.816. The molecule has 1 aliphatic carbocycles. The van der Waals surface area contributed by atoms with Gasteiger partial charge in [0.1, 0.15) is 17.8 Å². The number of piperidine rings is 1. The van der Waals surface area contributed by atoms with E-state index in [-0.39, 0.29) is 29.6 Å². The molecular formula is C19H20F3N5O2. The number of hydrogen-bond donors (Lipinski definition) is 1. The first-order valence-electron chi connectivity index (χ1n) is 9.60. The summed E-state index contributed by atoms with van der Waals surface area (Å²) in [6.45, 7) is -1.68. The van der Waals surface area contributed by atoms with Crippen molar-refractivity contribution < 1.29 is 22.6 Å². The second-order valence-electron chi connectivity index (χ2n) is 7.65. The van der Waals surface area contributed by atoms with Gasteiger partial charge in [0.15, 0.2) is 11.6 Å². The van der Waals surface area contributed by atoms with Crippen LogP contribution in [0.5, 0.6) is 5.75 Å². The number of nitrogen functional groups attached to an aromatic ring is 1. The Morgan fingerprint density at radius 3 is 2.69 bits per heavy atom. The topological polar surface area (TPSA) is 86.4 Å². The third kappa shape index (κ3) is 3.57. The molecule has 10 heteroatoms. The van der Waals surface area contributed by atoms with Crippen molar-refractivity contribution in [3.05, 3.63) is 24.2 Å². The molecule has 4 atom stereocenters. The number of nitrogens with two attached hydrogens (primary N) is 1. The van der Waals surface area contributed by atoms with Crippen LogP contribution >= 0.6 is 0 Å². The van der Waals surface area contributed by atoms with E-state index in [0.717, 1.165) is 12.8 Å². The predicted octanol–water partition coefficient (Wildman–Crippen LogP) is 2.92. The third-order valence-electron chi connectivity index (χ3n) is 5.65. The van der Waals surface area contributed by atoms with Crippen LogP contribution in [0, 0.1) is 0 Å². The molecule has 0 spiro atoms. The maximum Gasteiger partial charge on any atom is 0.387 e. The minimum Gasteiger partial charge on any atom is -0.431 e. The van der Waals surface area contributed by atoms with E-state index >= 15 is 0 Å². The summed E-state index contributed by atoms with van der Waals surface area (Å²) >= 11 is 0. The molecule has 1 saturated carbocycles. The Hall–Kier alpha value is -2.62. The fourth-order valence-electron chi connectivity index (χ4n) is 3.96. The summed E-state index contributed by atoms with van der Waals surface area (Å²) < 4.78 is 49.3. The number of halogens is 3. The van der Waals surface area contributed by atoms with E-state index in [2.05, 4.69) is 24.6 Å². The molecule has 2 aromatic rings. The van der Waals surface area contributed by atoms with Crippen molar-refractivity contribution in [2.24, 2.45) is 0 Å². The van der Waals surface area contributed by atoms with Gasteiger partial charge in [0.05, 0.1) is 30.4 Å². The van der Waals surface area contributed by atoms with Crippen LogP contribution in [0.3, 0.4) is 0 Å². The number of anilines is 2.